The molecular formula is C14H21FN2O3S. The zero-order valence-electron chi connectivity index (χ0n) is 12.6. The van der Waals surface area contributed by atoms with E-state index < -0.39 is 15.8 Å². The molecule has 0 bridgehead atoms. The number of carbonyl (C=O) groups is 1. The van der Waals surface area contributed by atoms with Crippen molar-refractivity contribution in [3.05, 3.63) is 24.0 Å². The Hall–Kier alpha value is -1.47. The van der Waals surface area contributed by atoms with Gasteiger partial charge in [0.2, 0.25) is 15.9 Å². The summed E-state index contributed by atoms with van der Waals surface area (Å²) in [4.78, 5) is 11.6. The minimum atomic E-state index is -4.02. The molecule has 0 saturated carbocycles. The number of sulfonamides is 1. The number of benzene rings is 1. The van der Waals surface area contributed by atoms with Crippen molar-refractivity contribution in [2.75, 3.05) is 5.32 Å². The molecule has 0 heterocycles. The zero-order chi connectivity index (χ0) is 16.4. The fraction of sp³-hybridized carbons (Fsp3) is 0.500. The second-order valence-corrected chi connectivity index (χ2v) is 7.80. The fourth-order valence-electron chi connectivity index (χ4n) is 1.60. The molecule has 0 saturated heterocycles. The number of rotatable bonds is 4. The smallest absolute Gasteiger partial charge is 0.238 e. The maximum Gasteiger partial charge on any atom is 0.238 e. The normalized spacial score (nSPS) is 13.8. The third-order valence-electron chi connectivity index (χ3n) is 3.45. The number of hydrogen-bond donors (Lipinski definition) is 2. The second-order valence-electron chi connectivity index (χ2n) is 6.24. The van der Waals surface area contributed by atoms with E-state index in [1.807, 2.05) is 27.7 Å². The van der Waals surface area contributed by atoms with Crippen LogP contribution in [0.3, 0.4) is 0 Å². The van der Waals surface area contributed by atoms with Crippen LogP contribution in [0.2, 0.25) is 0 Å². The molecule has 1 amide bonds. The number of carbonyl (C=O) groups excluding carboxylic acids is 1. The summed E-state index contributed by atoms with van der Waals surface area (Å²) in [5.41, 5.74) is 0.0375. The number of hydrogen-bond acceptors (Lipinski definition) is 3. The lowest BCUT2D eigenvalue weighted by Gasteiger charge is -2.26. The summed E-state index contributed by atoms with van der Waals surface area (Å²) in [6, 6.07) is 3.00. The van der Waals surface area contributed by atoms with Gasteiger partial charge in [0.05, 0.1) is 4.90 Å². The van der Waals surface area contributed by atoms with E-state index in [0.29, 0.717) is 0 Å². The van der Waals surface area contributed by atoms with Gasteiger partial charge in [-0.25, -0.2) is 17.9 Å². The van der Waals surface area contributed by atoms with Crippen molar-refractivity contribution in [1.82, 2.24) is 0 Å². The second kappa shape index (κ2) is 6.11. The van der Waals surface area contributed by atoms with Crippen LogP contribution in [0.25, 0.3) is 0 Å². The third kappa shape index (κ3) is 5.43. The van der Waals surface area contributed by atoms with Gasteiger partial charge >= 0.3 is 0 Å². The van der Waals surface area contributed by atoms with Gasteiger partial charge in [0.15, 0.2) is 0 Å². The van der Waals surface area contributed by atoms with Gasteiger partial charge in [-0.15, -0.1) is 0 Å². The highest BCUT2D eigenvalue weighted by Gasteiger charge is 2.22. The molecule has 1 unspecified atom stereocenters. The van der Waals surface area contributed by atoms with Crippen molar-refractivity contribution in [1.29, 1.82) is 0 Å². The van der Waals surface area contributed by atoms with Crippen LogP contribution in [0.4, 0.5) is 10.1 Å². The van der Waals surface area contributed by atoms with Crippen LogP contribution in [-0.2, 0) is 14.8 Å². The zero-order valence-corrected chi connectivity index (χ0v) is 13.4. The summed E-state index contributed by atoms with van der Waals surface area (Å²) in [5, 5.41) is 7.46. The Bertz CT molecular complexity index is 636. The van der Waals surface area contributed by atoms with E-state index in [2.05, 4.69) is 5.32 Å². The fourth-order valence-corrected chi connectivity index (χ4v) is 2.16. The monoisotopic (exact) mass is 316 g/mol. The molecule has 5 nitrogen and oxygen atoms in total. The Kier molecular flexibility index (Phi) is 5.11. The van der Waals surface area contributed by atoms with Crippen molar-refractivity contribution in [3.8, 4) is 0 Å². The lowest BCUT2D eigenvalue weighted by atomic mass is 9.80. The molecule has 0 aliphatic rings. The Morgan fingerprint density at radius 3 is 2.38 bits per heavy atom. The van der Waals surface area contributed by atoms with Crippen molar-refractivity contribution in [2.45, 2.75) is 39.0 Å². The van der Waals surface area contributed by atoms with Gasteiger partial charge in [-0.2, -0.15) is 0 Å². The molecule has 0 aliphatic carbocycles. The van der Waals surface area contributed by atoms with Crippen LogP contribution >= 0.6 is 0 Å². The average molecular weight is 316 g/mol. The lowest BCUT2D eigenvalue weighted by molar-refractivity contribution is -0.117. The molecule has 118 valence electrons. The summed E-state index contributed by atoms with van der Waals surface area (Å²) in [5.74, 6) is -0.965. The largest absolute Gasteiger partial charge is 0.326 e. The van der Waals surface area contributed by atoms with E-state index in [9.17, 15) is 17.6 Å². The van der Waals surface area contributed by atoms with E-state index in [1.54, 1.807) is 0 Å². The minimum Gasteiger partial charge on any atom is -0.326 e. The number of anilines is 1. The van der Waals surface area contributed by atoms with Crippen LogP contribution in [0.15, 0.2) is 23.1 Å². The first-order valence-electron chi connectivity index (χ1n) is 6.53. The predicted molar refractivity (Wildman–Crippen MR) is 79.6 cm³/mol. The Balaban J connectivity index is 2.89. The van der Waals surface area contributed by atoms with Crippen LogP contribution in [0, 0.1) is 17.2 Å². The van der Waals surface area contributed by atoms with Gasteiger partial charge in [-0.05, 0) is 29.5 Å². The van der Waals surface area contributed by atoms with Crippen molar-refractivity contribution in [2.24, 2.45) is 16.5 Å². The SMILES string of the molecule is CC(CC(=O)Nc1cc(F)cc(S(N)(=O)=O)c1)C(C)(C)C. The van der Waals surface area contributed by atoms with Crippen LogP contribution in [-0.4, -0.2) is 14.3 Å². The highest BCUT2D eigenvalue weighted by atomic mass is 32.2. The molecule has 1 rings (SSSR count). The maximum absolute atomic E-state index is 13.4. The number of primary sulfonamides is 1. The number of amides is 1. The average Bonchev–Trinajstić information content (AvgIpc) is 2.25. The molecule has 21 heavy (non-hydrogen) atoms. The maximum atomic E-state index is 13.4. The summed E-state index contributed by atoms with van der Waals surface area (Å²) in [6.07, 6.45) is 0.255. The number of nitrogens with one attached hydrogen (secondary N) is 1. The standard InChI is InChI=1S/C14H21FN2O3S/c1-9(14(2,3)4)5-13(18)17-11-6-10(15)7-12(8-11)21(16,19)20/h6-9H,5H2,1-4H3,(H,17,18)(H2,16,19,20). The van der Waals surface area contributed by atoms with Crippen molar-refractivity contribution >= 4 is 21.6 Å². The van der Waals surface area contributed by atoms with Gasteiger partial charge in [0, 0.05) is 12.1 Å². The lowest BCUT2D eigenvalue weighted by Crippen LogP contribution is -2.24. The highest BCUT2D eigenvalue weighted by Crippen LogP contribution is 2.28. The van der Waals surface area contributed by atoms with Gasteiger partial charge in [-0.3, -0.25) is 4.79 Å². The molecule has 1 aromatic carbocycles. The minimum absolute atomic E-state index is 0.0367. The summed E-state index contributed by atoms with van der Waals surface area (Å²) in [6.45, 7) is 8.01. The van der Waals surface area contributed by atoms with E-state index >= 15 is 0 Å². The molecular weight excluding hydrogens is 295 g/mol. The summed E-state index contributed by atoms with van der Waals surface area (Å²) < 4.78 is 35.9. The molecule has 1 aromatic rings. The molecule has 0 radical (unpaired) electrons. The van der Waals surface area contributed by atoms with Crippen molar-refractivity contribution in [3.63, 3.8) is 0 Å². The van der Waals surface area contributed by atoms with E-state index in [4.69, 9.17) is 5.14 Å². The Morgan fingerprint density at radius 1 is 1.33 bits per heavy atom. The molecule has 0 aromatic heterocycles. The van der Waals surface area contributed by atoms with Gasteiger partial charge < -0.3 is 5.32 Å². The number of nitrogens with two attached hydrogens (primary N) is 1. The summed E-state index contributed by atoms with van der Waals surface area (Å²) >= 11 is 0. The molecule has 0 spiro atoms. The van der Waals surface area contributed by atoms with Crippen LogP contribution in [0.5, 0.6) is 0 Å². The molecule has 0 fully saturated rings. The summed E-state index contributed by atoms with van der Waals surface area (Å²) in [7, 11) is -4.02. The Labute approximate surface area is 124 Å². The van der Waals surface area contributed by atoms with E-state index in [0.717, 1.165) is 18.2 Å². The molecule has 0 aliphatic heterocycles. The topological polar surface area (TPSA) is 89.3 Å². The molecule has 3 N–H and O–H groups in total. The molecule has 1 atom stereocenters. The van der Waals surface area contributed by atoms with Gasteiger partial charge in [-0.1, -0.05) is 27.7 Å². The first-order valence-corrected chi connectivity index (χ1v) is 8.07. The predicted octanol–water partition coefficient (Wildman–Crippen LogP) is 2.48. The first kappa shape index (κ1) is 17.6. The first-order chi connectivity index (χ1) is 9.39. The van der Waals surface area contributed by atoms with Crippen LogP contribution in [0.1, 0.15) is 34.1 Å². The van der Waals surface area contributed by atoms with E-state index in [-0.39, 0.29) is 34.2 Å². The highest BCUT2D eigenvalue weighted by molar-refractivity contribution is 7.89. The van der Waals surface area contributed by atoms with E-state index in [1.165, 1.54) is 0 Å². The third-order valence-corrected chi connectivity index (χ3v) is 4.35. The Morgan fingerprint density at radius 2 is 1.90 bits per heavy atom. The molecule has 7 heteroatoms. The van der Waals surface area contributed by atoms with Gasteiger partial charge in [0.1, 0.15) is 5.82 Å². The van der Waals surface area contributed by atoms with Crippen molar-refractivity contribution < 1.29 is 17.6 Å². The van der Waals surface area contributed by atoms with Crippen LogP contribution < -0.4 is 10.5 Å². The quantitative estimate of drug-likeness (QED) is 0.894. The number of halogens is 1. The van der Waals surface area contributed by atoms with Gasteiger partial charge in [0.25, 0.3) is 0 Å².